The number of aliphatic imine (C=N–C) groups is 1. The molecule has 1 atom stereocenters. The zero-order chi connectivity index (χ0) is 20.2. The normalized spacial score (nSPS) is 16.6. The third-order valence-electron chi connectivity index (χ3n) is 4.70. The second-order valence-corrected chi connectivity index (χ2v) is 7.55. The Balaban J connectivity index is 1.50. The molecule has 0 saturated carbocycles. The van der Waals surface area contributed by atoms with Gasteiger partial charge >= 0.3 is 0 Å². The molecule has 2 heterocycles. The van der Waals surface area contributed by atoms with Crippen molar-refractivity contribution in [1.29, 1.82) is 0 Å². The predicted molar refractivity (Wildman–Crippen MR) is 113 cm³/mol. The maximum atomic E-state index is 12.4. The maximum Gasteiger partial charge on any atom is 0.230 e. The van der Waals surface area contributed by atoms with Gasteiger partial charge in [-0.05, 0) is 17.7 Å². The van der Waals surface area contributed by atoms with Gasteiger partial charge < -0.3 is 4.74 Å². The summed E-state index contributed by atoms with van der Waals surface area (Å²) in [6.45, 7) is 0. The predicted octanol–water partition coefficient (Wildman–Crippen LogP) is 3.47. The lowest BCUT2D eigenvalue weighted by Crippen LogP contribution is -2.36. The van der Waals surface area contributed by atoms with Crippen molar-refractivity contribution in [2.24, 2.45) is 4.99 Å². The lowest BCUT2D eigenvalue weighted by Gasteiger charge is -2.27. The molecule has 2 aromatic carbocycles. The molecule has 4 rings (SSSR count). The molecule has 1 aromatic heterocycles. The van der Waals surface area contributed by atoms with Crippen LogP contribution in [-0.4, -0.2) is 45.1 Å². The maximum absolute atomic E-state index is 12.4. The number of hydrogen-bond acceptors (Lipinski definition) is 6. The molecule has 0 spiro atoms. The Labute approximate surface area is 173 Å². The summed E-state index contributed by atoms with van der Waals surface area (Å²) in [4.78, 5) is 18.9. The Hall–Kier alpha value is -3.13. The Morgan fingerprint density at radius 3 is 2.69 bits per heavy atom. The molecule has 0 N–H and O–H groups in total. The first-order chi connectivity index (χ1) is 14.2. The SMILES string of the molecule is COc1ccccc1-n1cc(CSC2=NC(c3ccccc3)CC(=O)N2C)nn1. The quantitative estimate of drug-likeness (QED) is 0.648. The van der Waals surface area contributed by atoms with E-state index in [-0.39, 0.29) is 11.9 Å². The van der Waals surface area contributed by atoms with Gasteiger partial charge in [-0.15, -0.1) is 5.10 Å². The molecule has 1 amide bonds. The summed E-state index contributed by atoms with van der Waals surface area (Å²) in [6, 6.07) is 17.4. The van der Waals surface area contributed by atoms with Gasteiger partial charge in [0.2, 0.25) is 5.91 Å². The minimum Gasteiger partial charge on any atom is -0.494 e. The first-order valence-corrected chi connectivity index (χ1v) is 10.2. The largest absolute Gasteiger partial charge is 0.494 e. The van der Waals surface area contributed by atoms with Crippen molar-refractivity contribution in [3.05, 3.63) is 72.1 Å². The lowest BCUT2D eigenvalue weighted by atomic mass is 10.0. The van der Waals surface area contributed by atoms with Crippen LogP contribution in [0.4, 0.5) is 0 Å². The van der Waals surface area contributed by atoms with E-state index in [1.807, 2.05) is 60.8 Å². The number of amides is 1. The number of rotatable bonds is 5. The van der Waals surface area contributed by atoms with E-state index in [2.05, 4.69) is 10.3 Å². The molecule has 0 fully saturated rings. The number of carbonyl (C=O) groups excluding carboxylic acids is 1. The Morgan fingerprint density at radius 2 is 1.90 bits per heavy atom. The number of ether oxygens (including phenoxy) is 1. The van der Waals surface area contributed by atoms with Gasteiger partial charge in [0.15, 0.2) is 5.17 Å². The van der Waals surface area contributed by atoms with Crippen LogP contribution in [0.15, 0.2) is 65.8 Å². The summed E-state index contributed by atoms with van der Waals surface area (Å²) in [6.07, 6.45) is 2.25. The van der Waals surface area contributed by atoms with Crippen LogP contribution in [0.2, 0.25) is 0 Å². The molecule has 148 valence electrons. The number of nitrogens with zero attached hydrogens (tertiary/aromatic N) is 5. The second-order valence-electron chi connectivity index (χ2n) is 6.61. The highest BCUT2D eigenvalue weighted by Gasteiger charge is 2.27. The fourth-order valence-corrected chi connectivity index (χ4v) is 4.02. The Bertz CT molecular complexity index is 1030. The topological polar surface area (TPSA) is 72.6 Å². The highest BCUT2D eigenvalue weighted by atomic mass is 32.2. The second kappa shape index (κ2) is 8.48. The van der Waals surface area contributed by atoms with Crippen LogP contribution < -0.4 is 4.74 Å². The molecule has 0 bridgehead atoms. The summed E-state index contributed by atoms with van der Waals surface area (Å²) in [5.41, 5.74) is 2.67. The molecule has 1 aliphatic rings. The molecule has 29 heavy (non-hydrogen) atoms. The zero-order valence-corrected chi connectivity index (χ0v) is 17.0. The summed E-state index contributed by atoms with van der Waals surface area (Å²) in [5, 5.41) is 9.16. The minimum atomic E-state index is -0.147. The fraction of sp³-hybridized carbons (Fsp3) is 0.238. The smallest absolute Gasteiger partial charge is 0.230 e. The number of benzene rings is 2. The summed E-state index contributed by atoms with van der Waals surface area (Å²) in [7, 11) is 3.39. The third-order valence-corrected chi connectivity index (χ3v) is 5.78. The number of methoxy groups -OCH3 is 1. The molecule has 0 radical (unpaired) electrons. The summed E-state index contributed by atoms with van der Waals surface area (Å²) < 4.78 is 7.08. The number of amidine groups is 1. The van der Waals surface area contributed by atoms with E-state index in [4.69, 9.17) is 9.73 Å². The van der Waals surface area contributed by atoms with E-state index in [0.717, 1.165) is 22.7 Å². The molecular formula is C21H21N5O2S. The van der Waals surface area contributed by atoms with Crippen molar-refractivity contribution < 1.29 is 9.53 Å². The number of hydrogen-bond donors (Lipinski definition) is 0. The van der Waals surface area contributed by atoms with Gasteiger partial charge in [-0.3, -0.25) is 14.7 Å². The molecule has 3 aromatic rings. The average molecular weight is 407 g/mol. The lowest BCUT2D eigenvalue weighted by molar-refractivity contribution is -0.127. The first kappa shape index (κ1) is 19.2. The Morgan fingerprint density at radius 1 is 1.14 bits per heavy atom. The van der Waals surface area contributed by atoms with Crippen molar-refractivity contribution in [2.45, 2.75) is 18.2 Å². The number of aromatic nitrogens is 3. The van der Waals surface area contributed by atoms with Gasteiger partial charge in [0.05, 0.1) is 31.5 Å². The first-order valence-electron chi connectivity index (χ1n) is 9.22. The fourth-order valence-electron chi connectivity index (χ4n) is 3.12. The zero-order valence-electron chi connectivity index (χ0n) is 16.2. The third kappa shape index (κ3) is 4.17. The van der Waals surface area contributed by atoms with E-state index in [9.17, 15) is 4.79 Å². The standard InChI is InChI=1S/C21H21N5O2S/c1-25-20(27)12-17(15-8-4-3-5-9-15)22-21(25)29-14-16-13-26(24-23-16)18-10-6-7-11-19(18)28-2/h3-11,13,17H,12,14H2,1-2H3. The molecule has 0 aliphatic carbocycles. The summed E-state index contributed by atoms with van der Waals surface area (Å²) >= 11 is 1.49. The van der Waals surface area contributed by atoms with Crippen molar-refractivity contribution in [2.75, 3.05) is 14.2 Å². The van der Waals surface area contributed by atoms with E-state index >= 15 is 0 Å². The van der Waals surface area contributed by atoms with Gasteiger partial charge in [0.25, 0.3) is 0 Å². The van der Waals surface area contributed by atoms with Crippen molar-refractivity contribution in [3.63, 3.8) is 0 Å². The molecule has 7 nitrogen and oxygen atoms in total. The van der Waals surface area contributed by atoms with Crippen LogP contribution in [0.3, 0.4) is 0 Å². The molecule has 1 aliphatic heterocycles. The van der Waals surface area contributed by atoms with Crippen LogP contribution in [-0.2, 0) is 10.5 Å². The monoisotopic (exact) mass is 407 g/mol. The van der Waals surface area contributed by atoms with Crippen LogP contribution in [0.25, 0.3) is 5.69 Å². The number of para-hydroxylation sites is 2. The van der Waals surface area contributed by atoms with E-state index in [0.29, 0.717) is 17.3 Å². The van der Waals surface area contributed by atoms with Crippen LogP contribution in [0.1, 0.15) is 23.7 Å². The van der Waals surface area contributed by atoms with E-state index in [1.165, 1.54) is 11.8 Å². The Kier molecular flexibility index (Phi) is 5.62. The highest BCUT2D eigenvalue weighted by Crippen LogP contribution is 2.30. The van der Waals surface area contributed by atoms with Crippen molar-refractivity contribution in [3.8, 4) is 11.4 Å². The van der Waals surface area contributed by atoms with Crippen molar-refractivity contribution >= 4 is 22.8 Å². The van der Waals surface area contributed by atoms with Gasteiger partial charge in [-0.2, -0.15) is 0 Å². The van der Waals surface area contributed by atoms with Gasteiger partial charge in [0, 0.05) is 12.8 Å². The number of thioether (sulfide) groups is 1. The molecular weight excluding hydrogens is 386 g/mol. The van der Waals surface area contributed by atoms with Gasteiger partial charge in [-0.1, -0.05) is 59.4 Å². The minimum absolute atomic E-state index is 0.0639. The van der Waals surface area contributed by atoms with E-state index < -0.39 is 0 Å². The van der Waals surface area contributed by atoms with Crippen molar-refractivity contribution in [1.82, 2.24) is 19.9 Å². The van der Waals surface area contributed by atoms with Crippen LogP contribution in [0.5, 0.6) is 5.75 Å². The highest BCUT2D eigenvalue weighted by molar-refractivity contribution is 8.13. The average Bonchev–Trinajstić information content (AvgIpc) is 3.24. The molecule has 1 unspecified atom stereocenters. The van der Waals surface area contributed by atoms with Crippen LogP contribution in [0, 0.1) is 0 Å². The summed E-state index contributed by atoms with van der Waals surface area (Å²) in [5.74, 6) is 1.35. The molecule has 8 heteroatoms. The van der Waals surface area contributed by atoms with Gasteiger partial charge in [-0.25, -0.2) is 4.68 Å². The van der Waals surface area contributed by atoms with Crippen LogP contribution >= 0.6 is 11.8 Å². The molecule has 0 saturated heterocycles. The number of carbonyl (C=O) groups is 1. The van der Waals surface area contributed by atoms with Gasteiger partial charge in [0.1, 0.15) is 11.4 Å². The van der Waals surface area contributed by atoms with E-state index in [1.54, 1.807) is 23.7 Å².